The van der Waals surface area contributed by atoms with E-state index in [1.807, 2.05) is 30.3 Å². The molecular formula is C16H20O5. The predicted octanol–water partition coefficient (Wildman–Crippen LogP) is 3.13. The number of rotatable bonds is 6. The van der Waals surface area contributed by atoms with Gasteiger partial charge in [0.25, 0.3) is 0 Å². The summed E-state index contributed by atoms with van der Waals surface area (Å²) in [6.07, 6.45) is 2.26. The van der Waals surface area contributed by atoms with Crippen molar-refractivity contribution in [3.63, 3.8) is 0 Å². The molecule has 0 aliphatic heterocycles. The standard InChI is InChI=1S/C12H14O3.C4H6O2/c1-10(12(13)14)6-5-9-15-11-7-3-2-4-8-11;1-3(2)4(5)6/h2-4,6-8H,5,9H2,1H3,(H,13,14);1H2,2H3,(H,5,6). The van der Waals surface area contributed by atoms with Gasteiger partial charge in [0.1, 0.15) is 5.75 Å². The molecule has 21 heavy (non-hydrogen) atoms. The highest BCUT2D eigenvalue weighted by molar-refractivity contribution is 5.85. The summed E-state index contributed by atoms with van der Waals surface area (Å²) in [5, 5.41) is 16.5. The van der Waals surface area contributed by atoms with E-state index in [2.05, 4.69) is 6.58 Å². The van der Waals surface area contributed by atoms with Crippen LogP contribution < -0.4 is 4.74 Å². The highest BCUT2D eigenvalue weighted by atomic mass is 16.5. The number of hydrogen-bond donors (Lipinski definition) is 2. The van der Waals surface area contributed by atoms with Gasteiger partial charge in [-0.25, -0.2) is 9.59 Å². The fourth-order valence-corrected chi connectivity index (χ4v) is 1.06. The number of benzene rings is 1. The SMILES string of the molecule is C=C(C)C(=O)O.CC(=CCCOc1ccccc1)C(=O)O. The van der Waals surface area contributed by atoms with E-state index in [4.69, 9.17) is 14.9 Å². The van der Waals surface area contributed by atoms with Gasteiger partial charge < -0.3 is 14.9 Å². The van der Waals surface area contributed by atoms with E-state index in [1.54, 1.807) is 13.0 Å². The topological polar surface area (TPSA) is 83.8 Å². The van der Waals surface area contributed by atoms with Crippen molar-refractivity contribution in [1.82, 2.24) is 0 Å². The zero-order valence-corrected chi connectivity index (χ0v) is 12.2. The Balaban J connectivity index is 0.000000567. The number of hydrogen-bond acceptors (Lipinski definition) is 3. The van der Waals surface area contributed by atoms with Gasteiger partial charge in [-0.1, -0.05) is 30.9 Å². The Kier molecular flexibility index (Phi) is 9.00. The summed E-state index contributed by atoms with van der Waals surface area (Å²) in [5.74, 6) is -1.01. The fraction of sp³-hybridized carbons (Fsp3) is 0.250. The molecule has 0 aromatic heterocycles. The molecule has 1 aromatic carbocycles. The normalized spacial score (nSPS) is 10.1. The van der Waals surface area contributed by atoms with E-state index in [9.17, 15) is 9.59 Å². The van der Waals surface area contributed by atoms with E-state index in [0.717, 1.165) is 5.75 Å². The van der Waals surface area contributed by atoms with Gasteiger partial charge >= 0.3 is 11.9 Å². The Bertz CT molecular complexity index is 491. The van der Waals surface area contributed by atoms with Crippen molar-refractivity contribution in [3.8, 4) is 5.75 Å². The van der Waals surface area contributed by atoms with Crippen LogP contribution in [0, 0.1) is 0 Å². The Morgan fingerprint density at radius 2 is 1.67 bits per heavy atom. The third-order valence-corrected chi connectivity index (χ3v) is 2.28. The summed E-state index contributed by atoms with van der Waals surface area (Å²) in [6, 6.07) is 9.45. The van der Waals surface area contributed by atoms with Crippen LogP contribution in [-0.4, -0.2) is 28.8 Å². The Morgan fingerprint density at radius 3 is 2.10 bits per heavy atom. The maximum Gasteiger partial charge on any atom is 0.330 e. The molecule has 0 heterocycles. The second kappa shape index (κ2) is 10.3. The molecule has 0 aliphatic rings. The molecule has 5 heteroatoms. The fourth-order valence-electron chi connectivity index (χ4n) is 1.06. The van der Waals surface area contributed by atoms with Gasteiger partial charge in [-0.3, -0.25) is 0 Å². The maximum absolute atomic E-state index is 10.5. The first-order chi connectivity index (χ1) is 9.84. The third kappa shape index (κ3) is 9.95. The summed E-state index contributed by atoms with van der Waals surface area (Å²) in [7, 11) is 0. The van der Waals surface area contributed by atoms with Crippen LogP contribution in [0.4, 0.5) is 0 Å². The number of aliphatic carboxylic acids is 2. The molecular weight excluding hydrogens is 272 g/mol. The summed E-state index contributed by atoms with van der Waals surface area (Å²) in [5.41, 5.74) is 0.529. The lowest BCUT2D eigenvalue weighted by molar-refractivity contribution is -0.133. The number of carboxylic acids is 2. The van der Waals surface area contributed by atoms with Crippen molar-refractivity contribution in [2.75, 3.05) is 6.61 Å². The molecule has 0 unspecified atom stereocenters. The van der Waals surface area contributed by atoms with Gasteiger partial charge in [-0.05, 0) is 26.0 Å². The molecule has 0 amide bonds. The van der Waals surface area contributed by atoms with Crippen LogP contribution in [0.5, 0.6) is 5.75 Å². The highest BCUT2D eigenvalue weighted by Crippen LogP contribution is 2.08. The molecule has 0 saturated heterocycles. The zero-order valence-electron chi connectivity index (χ0n) is 12.2. The molecule has 5 nitrogen and oxygen atoms in total. The van der Waals surface area contributed by atoms with Gasteiger partial charge in [0.05, 0.1) is 6.61 Å². The van der Waals surface area contributed by atoms with E-state index >= 15 is 0 Å². The lowest BCUT2D eigenvalue weighted by atomic mass is 10.2. The minimum Gasteiger partial charge on any atom is -0.493 e. The van der Waals surface area contributed by atoms with E-state index in [1.165, 1.54) is 6.92 Å². The van der Waals surface area contributed by atoms with Crippen LogP contribution in [-0.2, 0) is 9.59 Å². The average Bonchev–Trinajstić information content (AvgIpc) is 2.45. The Morgan fingerprint density at radius 1 is 1.14 bits per heavy atom. The first kappa shape index (κ1) is 18.4. The van der Waals surface area contributed by atoms with Crippen molar-refractivity contribution in [2.45, 2.75) is 20.3 Å². The number of ether oxygens (including phenoxy) is 1. The number of para-hydroxylation sites is 1. The summed E-state index contributed by atoms with van der Waals surface area (Å²) in [4.78, 5) is 20.1. The van der Waals surface area contributed by atoms with Crippen LogP contribution in [0.1, 0.15) is 20.3 Å². The zero-order chi connectivity index (χ0) is 16.3. The van der Waals surface area contributed by atoms with Crippen molar-refractivity contribution in [3.05, 3.63) is 54.1 Å². The minimum atomic E-state index is -0.935. The van der Waals surface area contributed by atoms with E-state index in [0.29, 0.717) is 18.6 Å². The lowest BCUT2D eigenvalue weighted by Crippen LogP contribution is -1.99. The molecule has 0 bridgehead atoms. The first-order valence-electron chi connectivity index (χ1n) is 6.31. The van der Waals surface area contributed by atoms with Crippen molar-refractivity contribution in [2.24, 2.45) is 0 Å². The van der Waals surface area contributed by atoms with Gasteiger partial charge in [-0.2, -0.15) is 0 Å². The molecule has 0 aliphatic carbocycles. The lowest BCUT2D eigenvalue weighted by Gasteiger charge is -2.03. The molecule has 2 N–H and O–H groups in total. The Hall–Kier alpha value is -2.56. The van der Waals surface area contributed by atoms with Crippen LogP contribution in [0.2, 0.25) is 0 Å². The molecule has 0 fully saturated rings. The summed E-state index contributed by atoms with van der Waals surface area (Å²) < 4.78 is 5.40. The van der Waals surface area contributed by atoms with Crippen molar-refractivity contribution in [1.29, 1.82) is 0 Å². The summed E-state index contributed by atoms with van der Waals surface area (Å²) in [6.45, 7) is 6.67. The molecule has 0 saturated carbocycles. The van der Waals surface area contributed by atoms with Gasteiger partial charge in [0.15, 0.2) is 0 Å². The molecule has 1 aromatic rings. The monoisotopic (exact) mass is 292 g/mol. The Labute approximate surface area is 124 Å². The van der Waals surface area contributed by atoms with Crippen LogP contribution in [0.3, 0.4) is 0 Å². The number of carboxylic acid groups (broad SMARTS) is 2. The smallest absolute Gasteiger partial charge is 0.330 e. The van der Waals surface area contributed by atoms with E-state index in [-0.39, 0.29) is 5.57 Å². The van der Waals surface area contributed by atoms with Crippen LogP contribution >= 0.6 is 0 Å². The average molecular weight is 292 g/mol. The minimum absolute atomic E-state index is 0.176. The molecule has 114 valence electrons. The first-order valence-corrected chi connectivity index (χ1v) is 6.31. The van der Waals surface area contributed by atoms with Gasteiger partial charge in [-0.15, -0.1) is 0 Å². The molecule has 0 radical (unpaired) electrons. The summed E-state index contributed by atoms with van der Waals surface area (Å²) >= 11 is 0. The van der Waals surface area contributed by atoms with Crippen LogP contribution in [0.25, 0.3) is 0 Å². The number of carbonyl (C=O) groups is 2. The quantitative estimate of drug-likeness (QED) is 0.621. The van der Waals surface area contributed by atoms with Crippen molar-refractivity contribution >= 4 is 11.9 Å². The second-order valence-electron chi connectivity index (χ2n) is 4.23. The molecule has 0 atom stereocenters. The third-order valence-electron chi connectivity index (χ3n) is 2.28. The maximum atomic E-state index is 10.5. The van der Waals surface area contributed by atoms with Gasteiger partial charge in [0.2, 0.25) is 0 Å². The van der Waals surface area contributed by atoms with Gasteiger partial charge in [0, 0.05) is 17.6 Å². The van der Waals surface area contributed by atoms with E-state index < -0.39 is 11.9 Å². The molecule has 0 spiro atoms. The second-order valence-corrected chi connectivity index (χ2v) is 4.23. The van der Waals surface area contributed by atoms with Crippen LogP contribution in [0.15, 0.2) is 54.1 Å². The highest BCUT2D eigenvalue weighted by Gasteiger charge is 1.98. The molecule has 1 rings (SSSR count). The predicted molar refractivity (Wildman–Crippen MR) is 80.4 cm³/mol. The largest absolute Gasteiger partial charge is 0.493 e. The van der Waals surface area contributed by atoms with Crippen molar-refractivity contribution < 1.29 is 24.5 Å².